The van der Waals surface area contributed by atoms with Crippen molar-refractivity contribution in [2.24, 2.45) is 247 Å². The highest BCUT2D eigenvalue weighted by Gasteiger charge is 2.70. The zero-order valence-electron chi connectivity index (χ0n) is 85.4. The predicted octanol–water partition coefficient (Wildman–Crippen LogP) is 16.1. The molecule has 24 aliphatic carbocycles. The Morgan fingerprint density at radius 3 is 1.09 bits per heavy atom. The van der Waals surface area contributed by atoms with Crippen LogP contribution in [0.25, 0.3) is 0 Å². The van der Waals surface area contributed by atoms with Gasteiger partial charge in [0, 0.05) is 47.7 Å². The molecule has 13 heteroatoms. The van der Waals surface area contributed by atoms with Crippen LogP contribution in [0.15, 0.2) is 0 Å². The van der Waals surface area contributed by atoms with Crippen LogP contribution >= 0.6 is 0 Å². The zero-order chi connectivity index (χ0) is 88.9. The van der Waals surface area contributed by atoms with Gasteiger partial charge < -0.3 is 92.7 Å². The molecule has 17 N–H and O–H groups in total. The van der Waals surface area contributed by atoms with Crippen LogP contribution < -0.4 is 77.4 Å². The summed E-state index contributed by atoms with van der Waals surface area (Å²) in [6, 6.07) is 2.05. The SMILES string of the molecule is CC[C@H]1CC[C@H]2[C@@H]3C[C@@H](O)[C@@]4(O)C[C@H](N)CC[C@]4(C)[C@H]3CC[C@]12C.C[C@@]12CCC[C@H]1[C@@H]1CC[C@H]3C(N)CCC[C@]3(C)[C@H]1CC2.C[C@@]12CCC[C@H]1[C@@H]1CC[C@H]3CC(O)C(N)C[C@]3(C)[C@H]1CC2.C[C@@]12CCC[C@H]1[C@@H]1CC[C@H]3CCC(N)C[C@]3(C)[C@H]1CC2.C[C@@]12CCC[C@H]1[C@@H]1CC[C@H]3C[C@H](N)CC[C@]3(C)[C@H]1CC2.C[C@@]12CCC[C@H]1[C@@H]1CC[C@H]3C[C@H](N)[C@H](N)C[C@]3(C)[C@H]1CC2.[Cl-].[Cl-].[Cl-]. The van der Waals surface area contributed by atoms with E-state index < -0.39 is 11.7 Å². The van der Waals surface area contributed by atoms with Crippen LogP contribution in [0.3, 0.4) is 0 Å². The van der Waals surface area contributed by atoms with Gasteiger partial charge in [-0.1, -0.05) is 135 Å². The first-order valence-corrected chi connectivity index (χ1v) is 57.1. The molecule has 129 heavy (non-hydrogen) atoms. The molecule has 24 fully saturated rings. The van der Waals surface area contributed by atoms with Crippen LogP contribution in [-0.2, 0) is 0 Å². The summed E-state index contributed by atoms with van der Waals surface area (Å²) in [4.78, 5) is 0. The maximum absolute atomic E-state index is 11.5. The van der Waals surface area contributed by atoms with Gasteiger partial charge in [0.05, 0.1) is 17.8 Å². The lowest BCUT2D eigenvalue weighted by atomic mass is 9.42. The maximum Gasteiger partial charge on any atom is 0.0976 e. The van der Waals surface area contributed by atoms with E-state index in [0.29, 0.717) is 90.5 Å². The fraction of sp³-hybridized carbons (Fsp3) is 1.00. The summed E-state index contributed by atoms with van der Waals surface area (Å²) in [5.41, 5.74) is 49.9. The minimum absolute atomic E-state index is 0. The lowest BCUT2D eigenvalue weighted by Crippen LogP contribution is -3.00. The molecule has 0 aromatic carbocycles. The summed E-state index contributed by atoms with van der Waals surface area (Å²) >= 11 is 0. The third-order valence-electron chi connectivity index (χ3n) is 52.2. The van der Waals surface area contributed by atoms with Crippen LogP contribution in [0.2, 0.25) is 0 Å². The van der Waals surface area contributed by atoms with Crippen LogP contribution in [0, 0.1) is 207 Å². The van der Waals surface area contributed by atoms with E-state index in [0.717, 1.165) is 168 Å². The van der Waals surface area contributed by atoms with Gasteiger partial charge in [-0.05, 0) is 523 Å². The third-order valence-corrected chi connectivity index (χ3v) is 52.2. The van der Waals surface area contributed by atoms with Crippen molar-refractivity contribution in [2.45, 2.75) is 516 Å². The van der Waals surface area contributed by atoms with E-state index in [4.69, 9.17) is 40.1 Å². The van der Waals surface area contributed by atoms with Crippen molar-refractivity contribution in [1.29, 1.82) is 0 Å². The molecule has 0 aromatic heterocycles. The minimum atomic E-state index is -0.970. The molecule has 0 bridgehead atoms. The first-order chi connectivity index (χ1) is 59.7. The maximum atomic E-state index is 11.5. The van der Waals surface area contributed by atoms with Crippen LogP contribution in [0.4, 0.5) is 0 Å². The average Bonchev–Trinajstić information content (AvgIpc) is 1.68. The Kier molecular flexibility index (Phi) is 30.1. The largest absolute Gasteiger partial charge is 1.00 e. The summed E-state index contributed by atoms with van der Waals surface area (Å²) in [5.74, 6) is 22.2. The Bertz CT molecular complexity index is 3650. The second-order valence-electron chi connectivity index (χ2n) is 56.9. The highest BCUT2D eigenvalue weighted by molar-refractivity contribution is 5.20. The van der Waals surface area contributed by atoms with E-state index in [-0.39, 0.29) is 72.9 Å². The van der Waals surface area contributed by atoms with Gasteiger partial charge >= 0.3 is 0 Å². The molecule has 0 radical (unpaired) electrons. The molecule has 24 saturated carbocycles. The van der Waals surface area contributed by atoms with Gasteiger partial charge in [-0.25, -0.2) is 0 Å². The third kappa shape index (κ3) is 17.1. The molecule has 0 aliphatic heterocycles. The molecule has 24 rings (SSSR count). The van der Waals surface area contributed by atoms with E-state index in [1.807, 2.05) is 0 Å². The molecule has 0 saturated heterocycles. The van der Waals surface area contributed by atoms with E-state index in [2.05, 4.69) is 90.0 Å². The van der Waals surface area contributed by atoms with E-state index >= 15 is 0 Å². The van der Waals surface area contributed by atoms with E-state index in [1.54, 1.807) is 6.42 Å². The number of hydrogen-bond acceptors (Lipinski definition) is 10. The first-order valence-electron chi connectivity index (χ1n) is 57.1. The van der Waals surface area contributed by atoms with Gasteiger partial charge in [0.25, 0.3) is 0 Å². The van der Waals surface area contributed by atoms with Crippen molar-refractivity contribution in [3.63, 3.8) is 0 Å². The highest BCUT2D eigenvalue weighted by atomic mass is 35.5. The predicted molar refractivity (Wildman–Crippen MR) is 523 cm³/mol. The Labute approximate surface area is 810 Å². The summed E-state index contributed by atoms with van der Waals surface area (Å²) in [6.45, 7) is 33.2. The van der Waals surface area contributed by atoms with Crippen LogP contribution in [0.5, 0.6) is 0 Å². The Balaban J connectivity index is 0.000000113. The molecular weight excluding hydrogens is 1650 g/mol. The lowest BCUT2D eigenvalue weighted by Gasteiger charge is -2.65. The standard InChI is InChI=1S/C21H37NO2.C19H34N2.C19H33NO.3C19H33N.3ClH/c1-4-13-5-6-16-15-11-18(23)21(24)12-14(22)7-10-20(21,3)17(15)8-9-19(13,16)2;1-18-8-3-4-14(18)13-6-5-12-10-16(20)17(21)11-19(12,2)15(13)7-9-18;1-18-8-3-4-14(18)13-6-5-12-10-17(21)16(20)11-19(12,2)15(13)7-9-18;1-18-10-3-5-14(18)13-7-8-16-17(20)6-4-11-19(16,2)15(13)9-12-18;1-18-10-3-4-16(18)15-8-6-13-5-7-14(20)12-19(13,2)17(15)9-11-18;1-18-9-3-4-16(18)15-6-5-13-12-14(20)7-11-19(13,2)17(15)8-10-18;;;/h13-18,23-24H,4-12,22H2,1-3H3;12-17H,3-11,20-21H2,1-2H3;12-17,21H,3-11,20H2,1-2H3;3*13-17H,3-12,20H2,1-2H3;3*1H/p-3/t13-,14+,15-,16-,17-,18+,19+,20+,21-;12-,13-,14-,15-,16-,17+,18-,19-;12-,13-,14-,15-,16?,17?,18-,19-;13-,14-,15-,16-,17?,18-,19+;13-,14?,15+,16+,17+,18+,19+;13-,14+,15-,16-,17-,18-,19-;;;/m000010.../s1. The number of hydrogen-bond donors (Lipinski definition) is 10. The van der Waals surface area contributed by atoms with Gasteiger partial charge in [-0.3, -0.25) is 0 Å². The second kappa shape index (κ2) is 38.0. The number of aliphatic hydroxyl groups excluding tert-OH is 2. The van der Waals surface area contributed by atoms with Crippen molar-refractivity contribution in [3.05, 3.63) is 0 Å². The summed E-state index contributed by atoms with van der Waals surface area (Å²) in [6.07, 6.45) is 77.7. The Morgan fingerprint density at radius 1 is 0.240 bits per heavy atom. The first kappa shape index (κ1) is 102. The number of rotatable bonds is 1. The summed E-state index contributed by atoms with van der Waals surface area (Å²) in [5, 5.41) is 32.7. The topological polar surface area (TPSA) is 243 Å². The Morgan fingerprint density at radius 2 is 0.605 bits per heavy atom. The minimum Gasteiger partial charge on any atom is -1.00 e. The van der Waals surface area contributed by atoms with Crippen molar-refractivity contribution in [2.75, 3.05) is 0 Å². The molecular formula is C116H203Cl3N7O3-3. The van der Waals surface area contributed by atoms with E-state index in [9.17, 15) is 15.3 Å². The van der Waals surface area contributed by atoms with Crippen molar-refractivity contribution < 1.29 is 52.5 Å². The van der Waals surface area contributed by atoms with E-state index in [1.165, 1.54) is 321 Å². The van der Waals surface area contributed by atoms with Crippen molar-refractivity contribution in [3.8, 4) is 0 Å². The molecule has 24 aliphatic rings. The average molecular weight is 1850 g/mol. The fourth-order valence-corrected chi connectivity index (χ4v) is 45.0. The van der Waals surface area contributed by atoms with Gasteiger partial charge in [0.2, 0.25) is 0 Å². The van der Waals surface area contributed by atoms with Gasteiger partial charge in [-0.15, -0.1) is 0 Å². The van der Waals surface area contributed by atoms with Gasteiger partial charge in [-0.2, -0.15) is 0 Å². The number of aliphatic hydroxyl groups is 3. The lowest BCUT2D eigenvalue weighted by molar-refractivity contribution is -0.254. The highest BCUT2D eigenvalue weighted by Crippen LogP contribution is 2.75. The van der Waals surface area contributed by atoms with Gasteiger partial charge in [0.1, 0.15) is 0 Å². The Hall–Kier alpha value is 0.470. The number of fused-ring (bicyclic) bond motifs is 30. The van der Waals surface area contributed by atoms with Crippen LogP contribution in [-0.4, -0.2) is 75.4 Å². The molecule has 0 spiro atoms. The number of halogens is 3. The second-order valence-corrected chi connectivity index (χ2v) is 56.9. The van der Waals surface area contributed by atoms with Gasteiger partial charge in [0.15, 0.2) is 0 Å². The fourth-order valence-electron chi connectivity index (χ4n) is 45.0. The van der Waals surface area contributed by atoms with Crippen molar-refractivity contribution in [1.82, 2.24) is 0 Å². The molecule has 0 aromatic rings. The van der Waals surface area contributed by atoms with Crippen molar-refractivity contribution >= 4 is 0 Å². The molecule has 10 nitrogen and oxygen atoms in total. The smallest absolute Gasteiger partial charge is 0.0976 e. The number of nitrogens with two attached hydrogens (primary N) is 7. The summed E-state index contributed by atoms with van der Waals surface area (Å²) in [7, 11) is 0. The normalized spacial score (nSPS) is 58.0. The summed E-state index contributed by atoms with van der Waals surface area (Å²) < 4.78 is 0. The molecule has 4 unspecified atom stereocenters. The molecule has 46 atom stereocenters. The van der Waals surface area contributed by atoms with Crippen LogP contribution in [0.1, 0.15) is 456 Å². The molecule has 0 heterocycles. The monoisotopic (exact) mass is 1850 g/mol. The zero-order valence-corrected chi connectivity index (χ0v) is 87.6. The molecule has 744 valence electrons. The quantitative estimate of drug-likeness (QED) is 0.119. The molecule has 0 amide bonds.